The smallest absolute Gasteiger partial charge is 0.336 e. The first-order valence-corrected chi connectivity index (χ1v) is 7.88. The van der Waals surface area contributed by atoms with Crippen LogP contribution in [0, 0.1) is 0 Å². The monoisotopic (exact) mass is 352 g/mol. The highest BCUT2D eigenvalue weighted by molar-refractivity contribution is 6.01. The topological polar surface area (TPSA) is 109 Å². The van der Waals surface area contributed by atoms with Gasteiger partial charge in [-0.15, -0.1) is 0 Å². The zero-order chi connectivity index (χ0) is 18.5. The van der Waals surface area contributed by atoms with Crippen molar-refractivity contribution in [3.8, 4) is 5.75 Å². The Bertz CT molecular complexity index is 1010. The number of benzene rings is 2. The maximum absolute atomic E-state index is 12.2. The average Bonchev–Trinajstić information content (AvgIpc) is 2.64. The normalized spacial score (nSPS) is 10.5. The SMILES string of the molecule is O=C(CNC(=O)c1cc2ccc(=O)oc2cc1O)NCc1ccccc1. The Hall–Kier alpha value is -3.61. The quantitative estimate of drug-likeness (QED) is 0.604. The molecule has 0 bridgehead atoms. The Labute approximate surface area is 148 Å². The molecule has 0 aliphatic rings. The molecule has 0 radical (unpaired) electrons. The predicted octanol–water partition coefficient (Wildman–Crippen LogP) is 1.54. The molecule has 1 aromatic heterocycles. The highest BCUT2D eigenvalue weighted by Crippen LogP contribution is 2.23. The number of hydrogen-bond donors (Lipinski definition) is 3. The van der Waals surface area contributed by atoms with Gasteiger partial charge < -0.3 is 20.2 Å². The van der Waals surface area contributed by atoms with E-state index in [4.69, 9.17) is 4.42 Å². The van der Waals surface area contributed by atoms with Crippen molar-refractivity contribution in [1.29, 1.82) is 0 Å². The summed E-state index contributed by atoms with van der Waals surface area (Å²) in [5.41, 5.74) is 0.555. The Morgan fingerprint density at radius 1 is 1.00 bits per heavy atom. The van der Waals surface area contributed by atoms with E-state index in [-0.39, 0.29) is 29.3 Å². The van der Waals surface area contributed by atoms with Gasteiger partial charge in [0.25, 0.3) is 5.91 Å². The van der Waals surface area contributed by atoms with Gasteiger partial charge in [-0.3, -0.25) is 9.59 Å². The molecule has 0 spiro atoms. The van der Waals surface area contributed by atoms with Crippen LogP contribution in [0.15, 0.2) is 63.8 Å². The van der Waals surface area contributed by atoms with Gasteiger partial charge >= 0.3 is 5.63 Å². The molecule has 2 aromatic carbocycles. The number of fused-ring (bicyclic) bond motifs is 1. The molecule has 0 fully saturated rings. The van der Waals surface area contributed by atoms with Gasteiger partial charge in [0, 0.05) is 24.1 Å². The standard InChI is InChI=1S/C19H16N2O5/c22-15-9-16-13(6-7-18(24)26-16)8-14(15)19(25)21-11-17(23)20-10-12-4-2-1-3-5-12/h1-9,22H,10-11H2,(H,20,23)(H,21,25). The van der Waals surface area contributed by atoms with Gasteiger partial charge in [0.1, 0.15) is 11.3 Å². The fourth-order valence-corrected chi connectivity index (χ4v) is 2.40. The summed E-state index contributed by atoms with van der Waals surface area (Å²) in [6.45, 7) is 0.128. The lowest BCUT2D eigenvalue weighted by Gasteiger charge is -2.09. The second-order valence-corrected chi connectivity index (χ2v) is 5.61. The molecule has 2 amide bonds. The van der Waals surface area contributed by atoms with Crippen molar-refractivity contribution >= 4 is 22.8 Å². The molecular weight excluding hydrogens is 336 g/mol. The Morgan fingerprint density at radius 3 is 2.54 bits per heavy atom. The second kappa shape index (κ2) is 7.52. The van der Waals surface area contributed by atoms with Crippen molar-refractivity contribution in [2.24, 2.45) is 0 Å². The van der Waals surface area contributed by atoms with E-state index >= 15 is 0 Å². The fraction of sp³-hybridized carbons (Fsp3) is 0.105. The molecular formula is C19H16N2O5. The first-order chi connectivity index (χ1) is 12.5. The van der Waals surface area contributed by atoms with Gasteiger partial charge in [-0.05, 0) is 17.7 Å². The van der Waals surface area contributed by atoms with E-state index in [0.717, 1.165) is 5.56 Å². The zero-order valence-corrected chi connectivity index (χ0v) is 13.7. The second-order valence-electron chi connectivity index (χ2n) is 5.61. The van der Waals surface area contributed by atoms with Crippen molar-refractivity contribution < 1.29 is 19.1 Å². The van der Waals surface area contributed by atoms with E-state index in [1.54, 1.807) is 0 Å². The van der Waals surface area contributed by atoms with Crippen LogP contribution in [0.4, 0.5) is 0 Å². The summed E-state index contributed by atoms with van der Waals surface area (Å²) in [6, 6.07) is 14.7. The van der Waals surface area contributed by atoms with Crippen LogP contribution in [0.3, 0.4) is 0 Å². The lowest BCUT2D eigenvalue weighted by molar-refractivity contribution is -0.120. The van der Waals surface area contributed by atoms with Gasteiger partial charge in [-0.2, -0.15) is 0 Å². The van der Waals surface area contributed by atoms with Gasteiger partial charge in [-0.1, -0.05) is 30.3 Å². The summed E-state index contributed by atoms with van der Waals surface area (Å²) in [5.74, 6) is -1.30. The van der Waals surface area contributed by atoms with Crippen molar-refractivity contribution in [2.45, 2.75) is 6.54 Å². The Kier molecular flexibility index (Phi) is 4.98. The molecule has 26 heavy (non-hydrogen) atoms. The van der Waals surface area contributed by atoms with Gasteiger partial charge in [0.05, 0.1) is 12.1 Å². The molecule has 7 heteroatoms. The van der Waals surface area contributed by atoms with Crippen LogP contribution in [-0.2, 0) is 11.3 Å². The van der Waals surface area contributed by atoms with E-state index in [1.165, 1.54) is 24.3 Å². The number of rotatable bonds is 5. The summed E-state index contributed by atoms with van der Waals surface area (Å²) >= 11 is 0. The van der Waals surface area contributed by atoms with Gasteiger partial charge in [0.15, 0.2) is 0 Å². The first-order valence-electron chi connectivity index (χ1n) is 7.88. The molecule has 7 nitrogen and oxygen atoms in total. The molecule has 0 saturated heterocycles. The number of amides is 2. The third kappa shape index (κ3) is 4.07. The van der Waals surface area contributed by atoms with Crippen molar-refractivity contribution in [3.63, 3.8) is 0 Å². The van der Waals surface area contributed by atoms with Crippen molar-refractivity contribution in [1.82, 2.24) is 10.6 Å². The minimum atomic E-state index is -0.606. The molecule has 3 N–H and O–H groups in total. The van der Waals surface area contributed by atoms with Crippen molar-refractivity contribution in [3.05, 3.63) is 76.1 Å². The van der Waals surface area contributed by atoms with Crippen LogP contribution in [0.1, 0.15) is 15.9 Å². The number of aromatic hydroxyl groups is 1. The van der Waals surface area contributed by atoms with E-state index < -0.39 is 11.5 Å². The summed E-state index contributed by atoms with van der Waals surface area (Å²) in [7, 11) is 0. The van der Waals surface area contributed by atoms with Crippen molar-refractivity contribution in [2.75, 3.05) is 6.54 Å². The van der Waals surface area contributed by atoms with Crippen LogP contribution in [-0.4, -0.2) is 23.5 Å². The number of carbonyl (C=O) groups is 2. The lowest BCUT2D eigenvalue weighted by Crippen LogP contribution is -2.36. The van der Waals surface area contributed by atoms with E-state index in [2.05, 4.69) is 10.6 Å². The largest absolute Gasteiger partial charge is 0.507 e. The minimum absolute atomic E-state index is 0.0118. The van der Waals surface area contributed by atoms with Crippen LogP contribution in [0.2, 0.25) is 0 Å². The van der Waals surface area contributed by atoms with Crippen LogP contribution in [0.25, 0.3) is 11.0 Å². The summed E-state index contributed by atoms with van der Waals surface area (Å²) in [4.78, 5) is 35.2. The molecule has 0 unspecified atom stereocenters. The van der Waals surface area contributed by atoms with Crippen LogP contribution >= 0.6 is 0 Å². The molecule has 0 atom stereocenters. The van der Waals surface area contributed by atoms with E-state index in [9.17, 15) is 19.5 Å². The Morgan fingerprint density at radius 2 is 1.77 bits per heavy atom. The first kappa shape index (κ1) is 17.2. The fourth-order valence-electron chi connectivity index (χ4n) is 2.40. The summed E-state index contributed by atoms with van der Waals surface area (Å²) in [5, 5.41) is 15.6. The van der Waals surface area contributed by atoms with Crippen LogP contribution < -0.4 is 16.3 Å². The molecule has 1 heterocycles. The van der Waals surface area contributed by atoms with Gasteiger partial charge in [0.2, 0.25) is 5.91 Å². The number of phenols is 1. The zero-order valence-electron chi connectivity index (χ0n) is 13.7. The number of phenolic OH excluding ortho intramolecular Hbond substituents is 1. The van der Waals surface area contributed by atoms with E-state index in [1.807, 2.05) is 30.3 Å². The molecule has 3 aromatic rings. The summed E-state index contributed by atoms with van der Waals surface area (Å²) in [6.07, 6.45) is 0. The maximum atomic E-state index is 12.2. The molecule has 132 valence electrons. The molecule has 0 saturated carbocycles. The average molecular weight is 352 g/mol. The number of hydrogen-bond acceptors (Lipinski definition) is 5. The summed E-state index contributed by atoms with van der Waals surface area (Å²) < 4.78 is 4.94. The van der Waals surface area contributed by atoms with Crippen LogP contribution in [0.5, 0.6) is 5.75 Å². The lowest BCUT2D eigenvalue weighted by atomic mass is 10.1. The molecule has 3 rings (SSSR count). The highest BCUT2D eigenvalue weighted by atomic mass is 16.4. The number of nitrogens with one attached hydrogen (secondary N) is 2. The predicted molar refractivity (Wildman–Crippen MR) is 94.8 cm³/mol. The molecule has 0 aliphatic carbocycles. The molecule has 0 aliphatic heterocycles. The maximum Gasteiger partial charge on any atom is 0.336 e. The van der Waals surface area contributed by atoms with Gasteiger partial charge in [-0.25, -0.2) is 4.79 Å². The third-order valence-electron chi connectivity index (χ3n) is 3.72. The Balaban J connectivity index is 1.62. The highest BCUT2D eigenvalue weighted by Gasteiger charge is 2.14. The third-order valence-corrected chi connectivity index (χ3v) is 3.72. The minimum Gasteiger partial charge on any atom is -0.507 e. The van der Waals surface area contributed by atoms with E-state index in [0.29, 0.717) is 11.9 Å². The number of carbonyl (C=O) groups excluding carboxylic acids is 2.